The summed E-state index contributed by atoms with van der Waals surface area (Å²) in [7, 11) is 0. The van der Waals surface area contributed by atoms with Crippen LogP contribution >= 0.6 is 0 Å². The first-order valence-corrected chi connectivity index (χ1v) is 9.87. The summed E-state index contributed by atoms with van der Waals surface area (Å²) in [6.07, 6.45) is 0. The van der Waals surface area contributed by atoms with Crippen molar-refractivity contribution in [2.45, 2.75) is 34.6 Å². The lowest BCUT2D eigenvalue weighted by Gasteiger charge is -2.28. The number of aryl methyl sites for hydroxylation is 3. The lowest BCUT2D eigenvalue weighted by atomic mass is 10.1. The van der Waals surface area contributed by atoms with Gasteiger partial charge in [-0.25, -0.2) is 0 Å². The van der Waals surface area contributed by atoms with Crippen LogP contribution in [0, 0.1) is 27.7 Å². The van der Waals surface area contributed by atoms with Crippen molar-refractivity contribution in [1.82, 2.24) is 4.57 Å². The topological polar surface area (TPSA) is 30.9 Å². The van der Waals surface area contributed by atoms with Crippen LogP contribution in [0.2, 0.25) is 0 Å². The van der Waals surface area contributed by atoms with Crippen LogP contribution in [0.15, 0.2) is 24.3 Å². The molecule has 1 aromatic heterocycles. The minimum absolute atomic E-state index is 0.281. The average Bonchev–Trinajstić information content (AvgIpc) is 2.93. The quantitative estimate of drug-likeness (QED) is 0.760. The Bertz CT molecular complexity index is 798. The molecule has 2 aromatic rings. The molecule has 0 radical (unpaired) electrons. The maximum absolute atomic E-state index is 13.0. The first kappa shape index (κ1) is 18.9. The van der Waals surface area contributed by atoms with Crippen molar-refractivity contribution in [2.75, 3.05) is 39.3 Å². The number of carbonyl (C=O) groups excluding carboxylic acids is 1. The van der Waals surface area contributed by atoms with E-state index in [9.17, 15) is 4.79 Å². The van der Waals surface area contributed by atoms with Gasteiger partial charge in [-0.05, 0) is 63.9 Å². The number of carbonyl (C=O) groups is 1. The van der Waals surface area contributed by atoms with Gasteiger partial charge in [-0.15, -0.1) is 0 Å². The predicted octanol–water partition coefficient (Wildman–Crippen LogP) is 0.697. The van der Waals surface area contributed by atoms with Crippen LogP contribution in [0.1, 0.15) is 39.8 Å². The van der Waals surface area contributed by atoms with Gasteiger partial charge in [-0.3, -0.25) is 4.79 Å². The monoisotopic (exact) mass is 355 g/mol. The number of quaternary nitrogens is 2. The molecule has 0 spiro atoms. The third kappa shape index (κ3) is 3.76. The van der Waals surface area contributed by atoms with E-state index >= 15 is 0 Å². The van der Waals surface area contributed by atoms with Crippen LogP contribution in [-0.4, -0.2) is 49.6 Å². The van der Waals surface area contributed by atoms with E-state index in [4.69, 9.17) is 0 Å². The molecule has 2 heterocycles. The SMILES string of the molecule is CC[NH+]1CC[NH+](CC(=O)c2cc(C)n(-c3ccc(C)c(C)c3)c2C)CC1. The zero-order valence-corrected chi connectivity index (χ0v) is 16.9. The predicted molar refractivity (Wildman–Crippen MR) is 106 cm³/mol. The van der Waals surface area contributed by atoms with Gasteiger partial charge in [0.05, 0.1) is 6.54 Å². The van der Waals surface area contributed by atoms with E-state index in [1.54, 1.807) is 4.90 Å². The fourth-order valence-corrected chi connectivity index (χ4v) is 4.12. The normalized spacial score (nSPS) is 20.3. The molecule has 3 rings (SSSR count). The lowest BCUT2D eigenvalue weighted by Crippen LogP contribution is -3.28. The molecular weight excluding hydrogens is 322 g/mol. The number of piperazine rings is 1. The van der Waals surface area contributed by atoms with E-state index in [1.165, 1.54) is 35.7 Å². The molecule has 1 saturated heterocycles. The van der Waals surface area contributed by atoms with Gasteiger partial charge in [0.25, 0.3) is 0 Å². The number of likely N-dealkylation sites (N-methyl/N-ethyl adjacent to an activating group) is 1. The summed E-state index contributed by atoms with van der Waals surface area (Å²) >= 11 is 0. The second kappa shape index (κ2) is 7.77. The number of aromatic nitrogens is 1. The summed E-state index contributed by atoms with van der Waals surface area (Å²) in [5, 5.41) is 0. The Hall–Kier alpha value is -1.91. The number of nitrogens with zero attached hydrogens (tertiary/aromatic N) is 1. The van der Waals surface area contributed by atoms with Gasteiger partial charge in [0.2, 0.25) is 5.78 Å². The Balaban J connectivity index is 1.79. The smallest absolute Gasteiger partial charge is 0.218 e. The highest BCUT2D eigenvalue weighted by molar-refractivity contribution is 5.98. The van der Waals surface area contributed by atoms with Crippen molar-refractivity contribution in [3.05, 3.63) is 52.3 Å². The van der Waals surface area contributed by atoms with E-state index in [-0.39, 0.29) is 5.78 Å². The summed E-state index contributed by atoms with van der Waals surface area (Å²) < 4.78 is 2.22. The zero-order chi connectivity index (χ0) is 18.8. The molecule has 4 heteroatoms. The van der Waals surface area contributed by atoms with Crippen LogP contribution in [0.25, 0.3) is 5.69 Å². The molecule has 1 fully saturated rings. The van der Waals surface area contributed by atoms with Crippen molar-refractivity contribution in [3.63, 3.8) is 0 Å². The highest BCUT2D eigenvalue weighted by Gasteiger charge is 2.26. The number of nitrogens with one attached hydrogen (secondary N) is 2. The van der Waals surface area contributed by atoms with Crippen LogP contribution in [-0.2, 0) is 0 Å². The highest BCUT2D eigenvalue weighted by atomic mass is 16.1. The van der Waals surface area contributed by atoms with Crippen molar-refractivity contribution < 1.29 is 14.6 Å². The number of hydrogen-bond acceptors (Lipinski definition) is 1. The molecule has 2 N–H and O–H groups in total. The second-order valence-corrected chi connectivity index (χ2v) is 7.84. The van der Waals surface area contributed by atoms with Gasteiger partial charge in [0, 0.05) is 22.6 Å². The van der Waals surface area contributed by atoms with Crippen molar-refractivity contribution in [3.8, 4) is 5.69 Å². The third-order valence-electron chi connectivity index (χ3n) is 6.05. The van der Waals surface area contributed by atoms with Gasteiger partial charge >= 0.3 is 0 Å². The molecule has 0 aliphatic carbocycles. The number of Topliss-reactive ketones (excluding diaryl/α,β-unsaturated/α-hetero) is 1. The molecule has 0 atom stereocenters. The molecule has 0 unspecified atom stereocenters. The number of benzene rings is 1. The Labute approximate surface area is 157 Å². The fourth-order valence-electron chi connectivity index (χ4n) is 4.12. The summed E-state index contributed by atoms with van der Waals surface area (Å²) in [6.45, 7) is 17.1. The standard InChI is InChI=1S/C22H31N3O/c1-6-23-9-11-24(12-10-23)15-22(26)21-14-18(4)25(19(21)5)20-8-7-16(2)17(3)13-20/h7-8,13-14H,6,9-12,15H2,1-5H3/p+2. The van der Waals surface area contributed by atoms with E-state index in [0.29, 0.717) is 6.54 Å². The molecule has 1 aliphatic rings. The first-order chi connectivity index (χ1) is 12.4. The van der Waals surface area contributed by atoms with Crippen LogP contribution in [0.4, 0.5) is 0 Å². The molecule has 26 heavy (non-hydrogen) atoms. The molecule has 0 amide bonds. The average molecular weight is 356 g/mol. The number of ketones is 1. The molecule has 1 aromatic carbocycles. The van der Waals surface area contributed by atoms with Crippen molar-refractivity contribution in [2.24, 2.45) is 0 Å². The number of hydrogen-bond donors (Lipinski definition) is 2. The third-order valence-corrected chi connectivity index (χ3v) is 6.05. The van der Waals surface area contributed by atoms with Gasteiger partial charge in [-0.1, -0.05) is 6.07 Å². The van der Waals surface area contributed by atoms with Gasteiger partial charge in [0.15, 0.2) is 0 Å². The number of rotatable bonds is 5. The zero-order valence-electron chi connectivity index (χ0n) is 16.9. The Morgan fingerprint density at radius 2 is 1.62 bits per heavy atom. The summed E-state index contributed by atoms with van der Waals surface area (Å²) in [4.78, 5) is 16.1. The maximum Gasteiger partial charge on any atom is 0.218 e. The molecule has 140 valence electrons. The Morgan fingerprint density at radius 3 is 2.23 bits per heavy atom. The van der Waals surface area contributed by atoms with Gasteiger partial charge in [-0.2, -0.15) is 0 Å². The minimum Gasteiger partial charge on any atom is -0.326 e. The first-order valence-electron chi connectivity index (χ1n) is 9.87. The van der Waals surface area contributed by atoms with E-state index in [1.807, 2.05) is 0 Å². The lowest BCUT2D eigenvalue weighted by molar-refractivity contribution is -1.01. The second-order valence-electron chi connectivity index (χ2n) is 7.84. The fraction of sp³-hybridized carbons (Fsp3) is 0.500. The maximum atomic E-state index is 13.0. The molecule has 1 aliphatic heterocycles. The Morgan fingerprint density at radius 1 is 0.962 bits per heavy atom. The molecule has 0 bridgehead atoms. The van der Waals surface area contributed by atoms with Crippen LogP contribution in [0.5, 0.6) is 0 Å². The minimum atomic E-state index is 0.281. The van der Waals surface area contributed by atoms with Gasteiger partial charge in [0.1, 0.15) is 32.7 Å². The summed E-state index contributed by atoms with van der Waals surface area (Å²) in [5.74, 6) is 0.281. The van der Waals surface area contributed by atoms with Gasteiger partial charge < -0.3 is 14.4 Å². The molecule has 4 nitrogen and oxygen atoms in total. The van der Waals surface area contributed by atoms with Crippen molar-refractivity contribution in [1.29, 1.82) is 0 Å². The largest absolute Gasteiger partial charge is 0.326 e. The van der Waals surface area contributed by atoms with E-state index in [0.717, 1.165) is 35.7 Å². The summed E-state index contributed by atoms with van der Waals surface area (Å²) in [5.41, 5.74) is 6.80. The van der Waals surface area contributed by atoms with E-state index < -0.39 is 0 Å². The summed E-state index contributed by atoms with van der Waals surface area (Å²) in [6, 6.07) is 8.58. The molecular formula is C22H33N3O+2. The highest BCUT2D eigenvalue weighted by Crippen LogP contribution is 2.22. The van der Waals surface area contributed by atoms with E-state index in [2.05, 4.69) is 63.5 Å². The van der Waals surface area contributed by atoms with Crippen LogP contribution in [0.3, 0.4) is 0 Å². The van der Waals surface area contributed by atoms with Crippen LogP contribution < -0.4 is 9.80 Å². The molecule has 0 saturated carbocycles. The van der Waals surface area contributed by atoms with Crippen molar-refractivity contribution >= 4 is 5.78 Å². The Kier molecular flexibility index (Phi) is 5.64.